The van der Waals surface area contributed by atoms with Crippen molar-refractivity contribution < 1.29 is 13.5 Å². The molecule has 4 nitrogen and oxygen atoms in total. The highest BCUT2D eigenvalue weighted by molar-refractivity contribution is 7.92. The highest BCUT2D eigenvalue weighted by atomic mass is 35.5. The molecule has 0 aliphatic heterocycles. The molecule has 0 atom stereocenters. The fourth-order valence-electron chi connectivity index (χ4n) is 1.53. The fourth-order valence-corrected chi connectivity index (χ4v) is 3.35. The van der Waals surface area contributed by atoms with E-state index >= 15 is 0 Å². The van der Waals surface area contributed by atoms with Crippen molar-refractivity contribution in [2.24, 2.45) is 0 Å². The molecule has 1 radical (unpaired) electrons. The van der Waals surface area contributed by atoms with Crippen molar-refractivity contribution in [1.82, 2.24) is 0 Å². The molecule has 0 saturated heterocycles. The molecule has 2 aromatic rings. The first-order valence-electron chi connectivity index (χ1n) is 5.42. The minimum atomic E-state index is -3.99. The molecule has 0 aliphatic rings. The number of phenolic OH excluding ortho intramolecular Hbond substituents is 1. The molecule has 0 aromatic heterocycles. The third-order valence-electron chi connectivity index (χ3n) is 2.49. The number of hydrogen-bond donors (Lipinski definition) is 2. The summed E-state index contributed by atoms with van der Waals surface area (Å²) in [5.41, 5.74) is 1.09. The van der Waals surface area contributed by atoms with Gasteiger partial charge in [-0.1, -0.05) is 35.3 Å². The van der Waals surface area contributed by atoms with Gasteiger partial charge < -0.3 is 5.11 Å². The summed E-state index contributed by atoms with van der Waals surface area (Å²) in [5, 5.41) is 9.74. The minimum Gasteiger partial charge on any atom is -0.505 e. The molecule has 0 amide bonds. The van der Waals surface area contributed by atoms with Crippen molar-refractivity contribution >= 4 is 38.9 Å². The topological polar surface area (TPSA) is 66.4 Å². The first-order chi connectivity index (χ1) is 9.29. The number of phenols is 1. The second kappa shape index (κ2) is 5.52. The molecule has 105 valence electrons. The van der Waals surface area contributed by atoms with E-state index in [2.05, 4.69) is 11.6 Å². The average molecular weight is 331 g/mol. The van der Waals surface area contributed by atoms with Crippen molar-refractivity contribution in [1.29, 1.82) is 0 Å². The van der Waals surface area contributed by atoms with Gasteiger partial charge in [-0.05, 0) is 36.8 Å². The van der Waals surface area contributed by atoms with E-state index in [1.807, 2.05) is 0 Å². The van der Waals surface area contributed by atoms with Gasteiger partial charge in [0.25, 0.3) is 10.0 Å². The maximum atomic E-state index is 12.2. The molecule has 2 aromatic carbocycles. The zero-order valence-corrected chi connectivity index (χ0v) is 12.4. The summed E-state index contributed by atoms with van der Waals surface area (Å²) in [6.07, 6.45) is 0. The lowest BCUT2D eigenvalue weighted by Crippen LogP contribution is -2.13. The highest BCUT2D eigenvalue weighted by Gasteiger charge is 2.21. The Balaban J connectivity index is 2.43. The number of halogens is 2. The Bertz CT molecular complexity index is 743. The SMILES string of the molecule is [CH2]c1ccc(NS(=O)(=O)c2cc(Cl)cc(Cl)c2O)cc1. The number of sulfonamides is 1. The van der Waals surface area contributed by atoms with Crippen molar-refractivity contribution in [2.75, 3.05) is 4.72 Å². The highest BCUT2D eigenvalue weighted by Crippen LogP contribution is 2.34. The largest absolute Gasteiger partial charge is 0.505 e. The maximum absolute atomic E-state index is 12.2. The van der Waals surface area contributed by atoms with Crippen LogP contribution in [0.5, 0.6) is 5.75 Å². The summed E-state index contributed by atoms with van der Waals surface area (Å²) < 4.78 is 26.7. The van der Waals surface area contributed by atoms with Crippen LogP contribution in [0, 0.1) is 6.92 Å². The zero-order chi connectivity index (χ0) is 14.9. The molecule has 0 aliphatic carbocycles. The first-order valence-corrected chi connectivity index (χ1v) is 7.66. The molecule has 20 heavy (non-hydrogen) atoms. The van der Waals surface area contributed by atoms with Gasteiger partial charge in [0.05, 0.1) is 5.02 Å². The third-order valence-corrected chi connectivity index (χ3v) is 4.39. The van der Waals surface area contributed by atoms with Crippen molar-refractivity contribution in [2.45, 2.75) is 4.90 Å². The van der Waals surface area contributed by atoms with Crippen LogP contribution in [0.15, 0.2) is 41.3 Å². The lowest BCUT2D eigenvalue weighted by Gasteiger charge is -2.11. The monoisotopic (exact) mass is 330 g/mol. The molecule has 0 fully saturated rings. The van der Waals surface area contributed by atoms with E-state index in [1.165, 1.54) is 6.07 Å². The predicted molar refractivity (Wildman–Crippen MR) is 79.8 cm³/mol. The summed E-state index contributed by atoms with van der Waals surface area (Å²) in [7, 11) is -3.99. The molecule has 0 spiro atoms. The Morgan fingerprint density at radius 1 is 1.10 bits per heavy atom. The van der Waals surface area contributed by atoms with E-state index in [9.17, 15) is 13.5 Å². The van der Waals surface area contributed by atoms with Gasteiger partial charge in [0.1, 0.15) is 4.90 Å². The van der Waals surface area contributed by atoms with E-state index in [0.717, 1.165) is 11.6 Å². The van der Waals surface area contributed by atoms with Gasteiger partial charge in [-0.3, -0.25) is 4.72 Å². The van der Waals surface area contributed by atoms with E-state index in [-0.39, 0.29) is 14.9 Å². The number of aromatic hydroxyl groups is 1. The van der Waals surface area contributed by atoms with Gasteiger partial charge >= 0.3 is 0 Å². The molecule has 0 saturated carbocycles. The summed E-state index contributed by atoms with van der Waals surface area (Å²) in [4.78, 5) is -0.381. The number of anilines is 1. The molecule has 0 unspecified atom stereocenters. The molecule has 0 heterocycles. The Hall–Kier alpha value is -1.43. The standard InChI is InChI=1S/C13H10Cl2NO3S/c1-8-2-4-10(5-3-8)16-20(18,19)12-7-9(14)6-11(15)13(12)17/h2-7,16-17H,1H2. The number of rotatable bonds is 3. The predicted octanol–water partition coefficient (Wildman–Crippen LogP) is 3.68. The van der Waals surface area contributed by atoms with Gasteiger partial charge in [0.2, 0.25) is 0 Å². The van der Waals surface area contributed by atoms with E-state index < -0.39 is 15.8 Å². The van der Waals surface area contributed by atoms with Crippen LogP contribution in [0.2, 0.25) is 10.0 Å². The van der Waals surface area contributed by atoms with Crippen LogP contribution in [-0.4, -0.2) is 13.5 Å². The van der Waals surface area contributed by atoms with Crippen LogP contribution in [0.3, 0.4) is 0 Å². The van der Waals surface area contributed by atoms with Crippen LogP contribution in [-0.2, 0) is 10.0 Å². The number of benzene rings is 2. The second-order valence-corrected chi connectivity index (χ2v) is 6.53. The first kappa shape index (κ1) is 15.0. The van der Waals surface area contributed by atoms with Crippen LogP contribution >= 0.6 is 23.2 Å². The number of nitrogens with one attached hydrogen (secondary N) is 1. The van der Waals surface area contributed by atoms with Gasteiger partial charge in [0.15, 0.2) is 5.75 Å². The molecule has 7 heteroatoms. The summed E-state index contributed by atoms with van der Waals surface area (Å²) in [5.74, 6) is -0.544. The van der Waals surface area contributed by atoms with Crippen LogP contribution in [0.1, 0.15) is 5.56 Å². The lowest BCUT2D eigenvalue weighted by molar-refractivity contribution is 0.459. The fraction of sp³-hybridized carbons (Fsp3) is 0. The molecule has 2 rings (SSSR count). The Morgan fingerprint density at radius 3 is 2.30 bits per heavy atom. The third kappa shape index (κ3) is 3.17. The molecular weight excluding hydrogens is 321 g/mol. The summed E-state index contributed by atoms with van der Waals surface area (Å²) in [6.45, 7) is 3.70. The van der Waals surface area contributed by atoms with Crippen molar-refractivity contribution in [3.8, 4) is 5.75 Å². The minimum absolute atomic E-state index is 0.112. The van der Waals surface area contributed by atoms with E-state index in [4.69, 9.17) is 23.2 Å². The average Bonchev–Trinajstić information content (AvgIpc) is 2.36. The molecular formula is C13H10Cl2NO3S. The van der Waals surface area contributed by atoms with Crippen LogP contribution in [0.4, 0.5) is 5.69 Å². The van der Waals surface area contributed by atoms with Crippen molar-refractivity contribution in [3.63, 3.8) is 0 Å². The molecule has 0 bridgehead atoms. The van der Waals surface area contributed by atoms with E-state index in [1.54, 1.807) is 24.3 Å². The summed E-state index contributed by atoms with van der Waals surface area (Å²) >= 11 is 11.5. The quantitative estimate of drug-likeness (QED) is 0.902. The van der Waals surface area contributed by atoms with Crippen LogP contribution in [0.25, 0.3) is 0 Å². The number of hydrogen-bond acceptors (Lipinski definition) is 3. The maximum Gasteiger partial charge on any atom is 0.265 e. The normalized spacial score (nSPS) is 11.3. The van der Waals surface area contributed by atoms with E-state index in [0.29, 0.717) is 5.69 Å². The smallest absolute Gasteiger partial charge is 0.265 e. The Labute approximate surface area is 127 Å². The van der Waals surface area contributed by atoms with Crippen molar-refractivity contribution in [3.05, 3.63) is 58.9 Å². The van der Waals surface area contributed by atoms with Gasteiger partial charge in [-0.2, -0.15) is 0 Å². The van der Waals surface area contributed by atoms with Gasteiger partial charge in [-0.15, -0.1) is 0 Å². The van der Waals surface area contributed by atoms with Gasteiger partial charge in [-0.25, -0.2) is 8.42 Å². The van der Waals surface area contributed by atoms with Gasteiger partial charge in [0, 0.05) is 10.7 Å². The Kier molecular flexibility index (Phi) is 4.13. The zero-order valence-electron chi connectivity index (χ0n) is 10.1. The second-order valence-electron chi connectivity index (χ2n) is 4.04. The summed E-state index contributed by atoms with van der Waals surface area (Å²) in [6, 6.07) is 8.81. The lowest BCUT2D eigenvalue weighted by atomic mass is 10.2. The van der Waals surface area contributed by atoms with Crippen LogP contribution < -0.4 is 4.72 Å². The Morgan fingerprint density at radius 2 is 1.70 bits per heavy atom. The molecule has 2 N–H and O–H groups in total.